The number of unbranched alkanes of at least 4 members (excludes halogenated alkanes) is 21. The first kappa shape index (κ1) is 56.3. The average Bonchev–Trinajstić information content (AvgIpc) is 3.24. The molecule has 6 heteroatoms. The summed E-state index contributed by atoms with van der Waals surface area (Å²) in [5, 5.41) is 0. The van der Waals surface area contributed by atoms with Gasteiger partial charge in [-0.05, 0) is 64.2 Å². The highest BCUT2D eigenvalue weighted by molar-refractivity contribution is 5.71. The fraction of sp³-hybridized carbons (Fsp3) is 0.648. The highest BCUT2D eigenvalue weighted by atomic mass is 16.6. The Labute approximate surface area is 368 Å². The maximum Gasteiger partial charge on any atom is 0.306 e. The molecule has 1 unspecified atom stereocenters. The smallest absolute Gasteiger partial charge is 0.306 e. The van der Waals surface area contributed by atoms with E-state index in [1.165, 1.54) is 57.8 Å². The number of ether oxygens (including phenoxy) is 3. The van der Waals surface area contributed by atoms with E-state index in [0.29, 0.717) is 19.3 Å². The van der Waals surface area contributed by atoms with Crippen molar-refractivity contribution < 1.29 is 28.6 Å². The Hall–Kier alpha value is -3.67. The van der Waals surface area contributed by atoms with E-state index in [2.05, 4.69) is 93.7 Å². The lowest BCUT2D eigenvalue weighted by Crippen LogP contribution is -2.30. The van der Waals surface area contributed by atoms with Crippen LogP contribution in [0.1, 0.15) is 207 Å². The Kier molecular flexibility index (Phi) is 45.1. The van der Waals surface area contributed by atoms with E-state index in [9.17, 15) is 14.4 Å². The number of hydrogen-bond donors (Lipinski definition) is 0. The standard InChI is InChI=1S/C54H88O6/c1-4-7-10-13-16-19-21-23-25-26-27-29-30-32-35-38-41-44-47-53(56)59-50-51(49-58-52(55)46-43-40-37-34-18-15-12-9-6-3)60-54(57)48-45-42-39-36-33-31-28-24-22-20-17-14-11-8-5-2/h8,11,14,16-17,19-29,51H,4-7,9-10,12-13,15,18,30-50H2,1-3H3/b11-8-,17-14-,19-16-,22-20-,23-21-,26-25-,28-24-,29-27-. The molecule has 0 aliphatic rings. The van der Waals surface area contributed by atoms with Gasteiger partial charge in [0, 0.05) is 19.3 Å². The molecule has 6 nitrogen and oxygen atoms in total. The second-order valence-electron chi connectivity index (χ2n) is 15.8. The van der Waals surface area contributed by atoms with Crippen LogP contribution in [0.3, 0.4) is 0 Å². The van der Waals surface area contributed by atoms with Gasteiger partial charge in [0.1, 0.15) is 13.2 Å². The zero-order chi connectivity index (χ0) is 43.7. The van der Waals surface area contributed by atoms with Crippen LogP contribution >= 0.6 is 0 Å². The molecule has 0 N–H and O–H groups in total. The van der Waals surface area contributed by atoms with E-state index in [-0.39, 0.29) is 31.1 Å². The van der Waals surface area contributed by atoms with Crippen LogP contribution in [0.4, 0.5) is 0 Å². The van der Waals surface area contributed by atoms with Crippen LogP contribution in [-0.2, 0) is 28.6 Å². The topological polar surface area (TPSA) is 78.9 Å². The lowest BCUT2D eigenvalue weighted by molar-refractivity contribution is -0.167. The summed E-state index contributed by atoms with van der Waals surface area (Å²) in [5.41, 5.74) is 0. The summed E-state index contributed by atoms with van der Waals surface area (Å²) in [5.74, 6) is -0.951. The monoisotopic (exact) mass is 833 g/mol. The molecule has 0 fully saturated rings. The third-order valence-corrected chi connectivity index (χ3v) is 10.0. The average molecular weight is 833 g/mol. The van der Waals surface area contributed by atoms with Gasteiger partial charge < -0.3 is 14.2 Å². The summed E-state index contributed by atoms with van der Waals surface area (Å²) in [6.07, 6.45) is 62.4. The Balaban J connectivity index is 4.45. The van der Waals surface area contributed by atoms with Gasteiger partial charge in [-0.15, -0.1) is 0 Å². The van der Waals surface area contributed by atoms with Gasteiger partial charge in [0.05, 0.1) is 0 Å². The van der Waals surface area contributed by atoms with E-state index in [0.717, 1.165) is 109 Å². The van der Waals surface area contributed by atoms with Gasteiger partial charge in [0.15, 0.2) is 6.10 Å². The van der Waals surface area contributed by atoms with Crippen LogP contribution in [0.15, 0.2) is 97.2 Å². The van der Waals surface area contributed by atoms with Crippen molar-refractivity contribution in [2.24, 2.45) is 0 Å². The van der Waals surface area contributed by atoms with Gasteiger partial charge in [0.2, 0.25) is 0 Å². The number of carbonyl (C=O) groups excluding carboxylic acids is 3. The maximum absolute atomic E-state index is 12.7. The molecule has 0 aromatic rings. The second kappa shape index (κ2) is 48.0. The third kappa shape index (κ3) is 45.4. The molecule has 0 aromatic heterocycles. The maximum atomic E-state index is 12.7. The molecule has 0 bridgehead atoms. The normalized spacial score (nSPS) is 12.9. The number of hydrogen-bond acceptors (Lipinski definition) is 6. The van der Waals surface area contributed by atoms with Gasteiger partial charge in [-0.1, -0.05) is 221 Å². The summed E-state index contributed by atoms with van der Waals surface area (Å²) in [7, 11) is 0. The predicted octanol–water partition coefficient (Wildman–Crippen LogP) is 15.8. The summed E-state index contributed by atoms with van der Waals surface area (Å²) >= 11 is 0. The Morgan fingerprint density at radius 3 is 1.05 bits per heavy atom. The molecule has 0 saturated heterocycles. The van der Waals surface area contributed by atoms with Gasteiger partial charge in [-0.3, -0.25) is 14.4 Å². The first-order valence-corrected chi connectivity index (χ1v) is 24.3. The van der Waals surface area contributed by atoms with Crippen molar-refractivity contribution in [3.8, 4) is 0 Å². The van der Waals surface area contributed by atoms with Crippen molar-refractivity contribution in [1.29, 1.82) is 0 Å². The fourth-order valence-electron chi connectivity index (χ4n) is 6.35. The van der Waals surface area contributed by atoms with E-state index in [1.54, 1.807) is 0 Å². The molecule has 0 amide bonds. The molecule has 60 heavy (non-hydrogen) atoms. The highest BCUT2D eigenvalue weighted by Gasteiger charge is 2.19. The van der Waals surface area contributed by atoms with Crippen molar-refractivity contribution in [2.75, 3.05) is 13.2 Å². The SMILES string of the molecule is CC\C=C/C=C\C=C/C=C\CCCCCCCC(=O)OC(COC(=O)CCCCCCC\C=C/C=C\C=C/C=C\CCCCC)COC(=O)CCCCCCCCCCC. The predicted molar refractivity (Wildman–Crippen MR) is 256 cm³/mol. The second-order valence-corrected chi connectivity index (χ2v) is 15.8. The minimum atomic E-state index is -0.797. The van der Waals surface area contributed by atoms with Gasteiger partial charge in [0.25, 0.3) is 0 Å². The summed E-state index contributed by atoms with van der Waals surface area (Å²) in [4.78, 5) is 37.8. The quantitative estimate of drug-likeness (QED) is 0.0264. The first-order chi connectivity index (χ1) is 29.5. The molecule has 0 spiro atoms. The number of carbonyl (C=O) groups is 3. The summed E-state index contributed by atoms with van der Waals surface area (Å²) < 4.78 is 16.7. The summed E-state index contributed by atoms with van der Waals surface area (Å²) in [6, 6.07) is 0. The number of rotatable bonds is 42. The van der Waals surface area contributed by atoms with Crippen molar-refractivity contribution >= 4 is 17.9 Å². The highest BCUT2D eigenvalue weighted by Crippen LogP contribution is 2.13. The van der Waals surface area contributed by atoms with E-state index >= 15 is 0 Å². The van der Waals surface area contributed by atoms with Crippen LogP contribution < -0.4 is 0 Å². The molecule has 0 heterocycles. The van der Waals surface area contributed by atoms with Crippen LogP contribution in [0, 0.1) is 0 Å². The largest absolute Gasteiger partial charge is 0.462 e. The van der Waals surface area contributed by atoms with E-state index in [1.807, 2.05) is 24.3 Å². The molecular weight excluding hydrogens is 745 g/mol. The van der Waals surface area contributed by atoms with Crippen molar-refractivity contribution in [3.63, 3.8) is 0 Å². The number of allylic oxidation sites excluding steroid dienone is 16. The molecule has 0 saturated carbocycles. The molecule has 0 rings (SSSR count). The zero-order valence-electron chi connectivity index (χ0n) is 38.7. The lowest BCUT2D eigenvalue weighted by Gasteiger charge is -2.18. The Morgan fingerprint density at radius 1 is 0.350 bits per heavy atom. The van der Waals surface area contributed by atoms with Crippen LogP contribution in [-0.4, -0.2) is 37.2 Å². The zero-order valence-corrected chi connectivity index (χ0v) is 38.7. The molecular formula is C54H88O6. The van der Waals surface area contributed by atoms with Crippen LogP contribution in [0.25, 0.3) is 0 Å². The molecule has 0 aromatic carbocycles. The van der Waals surface area contributed by atoms with Crippen molar-refractivity contribution in [1.82, 2.24) is 0 Å². The van der Waals surface area contributed by atoms with Crippen LogP contribution in [0.2, 0.25) is 0 Å². The Morgan fingerprint density at radius 2 is 0.650 bits per heavy atom. The van der Waals surface area contributed by atoms with Gasteiger partial charge in [-0.25, -0.2) is 0 Å². The van der Waals surface area contributed by atoms with Gasteiger partial charge in [-0.2, -0.15) is 0 Å². The molecule has 340 valence electrons. The molecule has 0 aliphatic carbocycles. The molecule has 0 radical (unpaired) electrons. The van der Waals surface area contributed by atoms with E-state index in [4.69, 9.17) is 14.2 Å². The van der Waals surface area contributed by atoms with Crippen LogP contribution in [0.5, 0.6) is 0 Å². The first-order valence-electron chi connectivity index (χ1n) is 24.3. The minimum Gasteiger partial charge on any atom is -0.462 e. The number of esters is 3. The molecule has 0 aliphatic heterocycles. The van der Waals surface area contributed by atoms with Crippen molar-refractivity contribution in [3.05, 3.63) is 97.2 Å². The lowest BCUT2D eigenvalue weighted by atomic mass is 10.1. The van der Waals surface area contributed by atoms with E-state index < -0.39 is 6.10 Å². The fourth-order valence-corrected chi connectivity index (χ4v) is 6.35. The minimum absolute atomic E-state index is 0.0956. The summed E-state index contributed by atoms with van der Waals surface area (Å²) in [6.45, 7) is 6.38. The van der Waals surface area contributed by atoms with Gasteiger partial charge >= 0.3 is 17.9 Å². The van der Waals surface area contributed by atoms with Crippen molar-refractivity contribution in [2.45, 2.75) is 213 Å². The Bertz CT molecular complexity index is 1230. The third-order valence-electron chi connectivity index (χ3n) is 10.0. The molecule has 1 atom stereocenters.